The summed E-state index contributed by atoms with van der Waals surface area (Å²) < 4.78 is 0. The van der Waals surface area contributed by atoms with E-state index in [0.717, 1.165) is 24.6 Å². The zero-order valence-corrected chi connectivity index (χ0v) is 10.6. The summed E-state index contributed by atoms with van der Waals surface area (Å²) >= 11 is 0. The van der Waals surface area contributed by atoms with E-state index in [4.69, 9.17) is 0 Å². The van der Waals surface area contributed by atoms with Crippen LogP contribution in [0, 0.1) is 0 Å². The number of hydrogen-bond donors (Lipinski definition) is 2. The predicted octanol–water partition coefficient (Wildman–Crippen LogP) is 3.04. The highest BCUT2D eigenvalue weighted by molar-refractivity contribution is 5.46. The van der Waals surface area contributed by atoms with Crippen LogP contribution in [-0.4, -0.2) is 22.6 Å². The lowest BCUT2D eigenvalue weighted by atomic mass is 9.95. The zero-order chi connectivity index (χ0) is 11.9. The Balaban J connectivity index is 1.90. The van der Waals surface area contributed by atoms with Gasteiger partial charge in [-0.3, -0.25) is 0 Å². The first-order chi connectivity index (χ1) is 8.38. The van der Waals surface area contributed by atoms with Gasteiger partial charge in [0.2, 0.25) is 0 Å². The molecule has 94 valence electrons. The molecule has 1 aliphatic carbocycles. The fourth-order valence-electron chi connectivity index (χ4n) is 2.24. The lowest BCUT2D eigenvalue weighted by Gasteiger charge is -2.23. The van der Waals surface area contributed by atoms with Crippen LogP contribution in [-0.2, 0) is 0 Å². The van der Waals surface area contributed by atoms with E-state index in [9.17, 15) is 0 Å². The highest BCUT2D eigenvalue weighted by atomic mass is 15.1. The minimum atomic E-state index is 0.595. The monoisotopic (exact) mass is 234 g/mol. The van der Waals surface area contributed by atoms with Gasteiger partial charge in [0.05, 0.1) is 0 Å². The number of nitrogens with one attached hydrogen (secondary N) is 2. The average molecular weight is 234 g/mol. The van der Waals surface area contributed by atoms with Gasteiger partial charge in [-0.25, -0.2) is 9.97 Å². The lowest BCUT2D eigenvalue weighted by molar-refractivity contribution is 0.462. The van der Waals surface area contributed by atoms with Gasteiger partial charge >= 0.3 is 0 Å². The third-order valence-corrected chi connectivity index (χ3v) is 3.18. The minimum absolute atomic E-state index is 0.595. The Bertz CT molecular complexity index is 334. The molecule has 1 saturated carbocycles. The van der Waals surface area contributed by atoms with Crippen molar-refractivity contribution in [1.82, 2.24) is 9.97 Å². The molecule has 0 atom stereocenters. The number of aromatic nitrogens is 2. The van der Waals surface area contributed by atoms with Gasteiger partial charge in [-0.1, -0.05) is 26.2 Å². The summed E-state index contributed by atoms with van der Waals surface area (Å²) in [6.45, 7) is 3.11. The van der Waals surface area contributed by atoms with Gasteiger partial charge in [-0.2, -0.15) is 0 Å². The molecule has 2 N–H and O–H groups in total. The molecular formula is C13H22N4. The molecule has 17 heavy (non-hydrogen) atoms. The van der Waals surface area contributed by atoms with E-state index in [-0.39, 0.29) is 0 Å². The molecule has 1 fully saturated rings. The molecule has 0 amide bonds. The first kappa shape index (κ1) is 12.1. The van der Waals surface area contributed by atoms with Crippen molar-refractivity contribution in [2.24, 2.45) is 0 Å². The Morgan fingerprint density at radius 3 is 2.71 bits per heavy atom. The van der Waals surface area contributed by atoms with Crippen LogP contribution in [0.15, 0.2) is 12.4 Å². The van der Waals surface area contributed by atoms with Crippen molar-refractivity contribution in [3.63, 3.8) is 0 Å². The van der Waals surface area contributed by atoms with Crippen LogP contribution >= 0.6 is 0 Å². The van der Waals surface area contributed by atoms with Gasteiger partial charge in [-0.05, 0) is 19.3 Å². The van der Waals surface area contributed by atoms with E-state index in [1.54, 1.807) is 6.33 Å². The number of hydrogen-bond acceptors (Lipinski definition) is 4. The summed E-state index contributed by atoms with van der Waals surface area (Å²) in [5, 5.41) is 6.79. The zero-order valence-electron chi connectivity index (χ0n) is 10.6. The third kappa shape index (κ3) is 3.88. The van der Waals surface area contributed by atoms with Crippen LogP contribution < -0.4 is 10.6 Å². The van der Waals surface area contributed by atoms with Crippen molar-refractivity contribution < 1.29 is 0 Å². The van der Waals surface area contributed by atoms with Crippen LogP contribution in [0.3, 0.4) is 0 Å². The fraction of sp³-hybridized carbons (Fsp3) is 0.692. The number of anilines is 2. The van der Waals surface area contributed by atoms with E-state index < -0.39 is 0 Å². The van der Waals surface area contributed by atoms with Crippen LogP contribution in [0.5, 0.6) is 0 Å². The smallest absolute Gasteiger partial charge is 0.131 e. The highest BCUT2D eigenvalue weighted by Crippen LogP contribution is 2.21. The van der Waals surface area contributed by atoms with Crippen molar-refractivity contribution >= 4 is 11.6 Å². The van der Waals surface area contributed by atoms with Crippen molar-refractivity contribution in [2.45, 2.75) is 51.5 Å². The van der Waals surface area contributed by atoms with Crippen LogP contribution in [0.4, 0.5) is 11.6 Å². The minimum Gasteiger partial charge on any atom is -0.370 e. The number of nitrogens with zero attached hydrogens (tertiary/aromatic N) is 2. The molecule has 4 nitrogen and oxygen atoms in total. The molecule has 0 aliphatic heterocycles. The van der Waals surface area contributed by atoms with Crippen molar-refractivity contribution in [1.29, 1.82) is 0 Å². The molecular weight excluding hydrogens is 212 g/mol. The fourth-order valence-corrected chi connectivity index (χ4v) is 2.24. The van der Waals surface area contributed by atoms with E-state index in [1.807, 2.05) is 6.07 Å². The van der Waals surface area contributed by atoms with Gasteiger partial charge in [0, 0.05) is 18.7 Å². The molecule has 1 aromatic heterocycles. The molecule has 1 heterocycles. The van der Waals surface area contributed by atoms with Crippen LogP contribution in [0.25, 0.3) is 0 Å². The SMILES string of the molecule is CCCNc1cc(NC2CCCCC2)ncn1. The summed E-state index contributed by atoms with van der Waals surface area (Å²) in [5.74, 6) is 1.87. The van der Waals surface area contributed by atoms with Gasteiger partial charge in [0.1, 0.15) is 18.0 Å². The predicted molar refractivity (Wildman–Crippen MR) is 71.3 cm³/mol. The molecule has 4 heteroatoms. The average Bonchev–Trinajstić information content (AvgIpc) is 2.38. The molecule has 2 rings (SSSR count). The van der Waals surface area contributed by atoms with Crippen molar-refractivity contribution in [2.75, 3.05) is 17.2 Å². The Labute approximate surface area is 103 Å². The Morgan fingerprint density at radius 2 is 1.94 bits per heavy atom. The molecule has 0 spiro atoms. The van der Waals surface area contributed by atoms with Gasteiger partial charge < -0.3 is 10.6 Å². The standard InChI is InChI=1S/C13H22N4/c1-2-8-14-12-9-13(16-10-15-12)17-11-6-4-3-5-7-11/h9-11H,2-8H2,1H3,(H2,14,15,16,17). The topological polar surface area (TPSA) is 49.8 Å². The second kappa shape index (κ2) is 6.42. The second-order valence-electron chi connectivity index (χ2n) is 4.69. The number of rotatable bonds is 5. The summed E-state index contributed by atoms with van der Waals surface area (Å²) in [6, 6.07) is 2.60. The molecule has 0 bridgehead atoms. The first-order valence-corrected chi connectivity index (χ1v) is 6.71. The second-order valence-corrected chi connectivity index (χ2v) is 4.69. The maximum atomic E-state index is 4.28. The quantitative estimate of drug-likeness (QED) is 0.822. The molecule has 0 saturated heterocycles. The van der Waals surface area contributed by atoms with Gasteiger partial charge in [0.25, 0.3) is 0 Å². The van der Waals surface area contributed by atoms with Crippen LogP contribution in [0.1, 0.15) is 45.4 Å². The van der Waals surface area contributed by atoms with E-state index >= 15 is 0 Å². The molecule has 0 unspecified atom stereocenters. The Morgan fingerprint density at radius 1 is 1.18 bits per heavy atom. The molecule has 1 aromatic rings. The maximum Gasteiger partial charge on any atom is 0.131 e. The van der Waals surface area contributed by atoms with Crippen LogP contribution in [0.2, 0.25) is 0 Å². The van der Waals surface area contributed by atoms with Gasteiger partial charge in [-0.15, -0.1) is 0 Å². The summed E-state index contributed by atoms with van der Waals surface area (Å²) in [6.07, 6.45) is 9.32. The molecule has 0 radical (unpaired) electrons. The molecule has 0 aromatic carbocycles. The Kier molecular flexibility index (Phi) is 4.59. The summed E-state index contributed by atoms with van der Waals surface area (Å²) in [5.41, 5.74) is 0. The molecule has 1 aliphatic rings. The van der Waals surface area contributed by atoms with Gasteiger partial charge in [0.15, 0.2) is 0 Å². The van der Waals surface area contributed by atoms with Crippen molar-refractivity contribution in [3.8, 4) is 0 Å². The highest BCUT2D eigenvalue weighted by Gasteiger charge is 2.13. The summed E-state index contributed by atoms with van der Waals surface area (Å²) in [4.78, 5) is 8.49. The van der Waals surface area contributed by atoms with E-state index in [0.29, 0.717) is 6.04 Å². The summed E-state index contributed by atoms with van der Waals surface area (Å²) in [7, 11) is 0. The maximum absolute atomic E-state index is 4.28. The Hall–Kier alpha value is -1.32. The normalized spacial score (nSPS) is 16.8. The lowest BCUT2D eigenvalue weighted by Crippen LogP contribution is -2.22. The first-order valence-electron chi connectivity index (χ1n) is 6.71. The largest absolute Gasteiger partial charge is 0.370 e. The van der Waals surface area contributed by atoms with E-state index in [1.165, 1.54) is 32.1 Å². The third-order valence-electron chi connectivity index (χ3n) is 3.18. The van der Waals surface area contributed by atoms with E-state index in [2.05, 4.69) is 27.5 Å². The van der Waals surface area contributed by atoms with Crippen molar-refractivity contribution in [3.05, 3.63) is 12.4 Å².